The van der Waals surface area contributed by atoms with Gasteiger partial charge in [0.1, 0.15) is 51.8 Å². The molecule has 1 amide bonds. The Bertz CT molecular complexity index is 1960. The van der Waals surface area contributed by atoms with Crippen molar-refractivity contribution in [2.45, 2.75) is 18.8 Å². The second-order valence-electron chi connectivity index (χ2n) is 9.47. The molecule has 0 saturated carbocycles. The Labute approximate surface area is 227 Å². The first kappa shape index (κ1) is 25.7. The normalized spacial score (nSPS) is 16.0. The number of anilines is 2. The lowest BCUT2D eigenvalue weighted by Crippen LogP contribution is -2.33. The second-order valence-corrected chi connectivity index (χ2v) is 9.47. The average molecular weight is 560 g/mol. The van der Waals surface area contributed by atoms with E-state index in [1.54, 1.807) is 12.3 Å². The van der Waals surface area contributed by atoms with Gasteiger partial charge in [-0.15, -0.1) is 0 Å². The van der Waals surface area contributed by atoms with Crippen LogP contribution in [0.25, 0.3) is 17.2 Å². The number of nitrogens with one attached hydrogen (secondary N) is 1. The molecule has 1 aliphatic rings. The lowest BCUT2D eigenvalue weighted by Gasteiger charge is -2.24. The summed E-state index contributed by atoms with van der Waals surface area (Å²) in [6, 6.07) is 4.90. The molecule has 204 valence electrons. The number of imidazole rings is 1. The predicted octanol–water partition coefficient (Wildman–Crippen LogP) is 3.75. The molecule has 0 saturated heterocycles. The van der Waals surface area contributed by atoms with Gasteiger partial charge in [0.2, 0.25) is 5.91 Å². The van der Waals surface area contributed by atoms with Crippen molar-refractivity contribution in [2.75, 3.05) is 11.1 Å². The Kier molecular flexibility index (Phi) is 5.63. The van der Waals surface area contributed by atoms with Crippen LogP contribution in [-0.2, 0) is 16.6 Å². The molecule has 0 fully saturated rings. The van der Waals surface area contributed by atoms with E-state index in [-0.39, 0.29) is 57.6 Å². The van der Waals surface area contributed by atoms with Gasteiger partial charge in [-0.3, -0.25) is 4.79 Å². The van der Waals surface area contributed by atoms with Crippen LogP contribution in [0.5, 0.6) is 5.75 Å². The van der Waals surface area contributed by atoms with Gasteiger partial charge in [-0.25, -0.2) is 37.5 Å². The molecule has 0 unspecified atom stereocenters. The highest BCUT2D eigenvalue weighted by molar-refractivity contribution is 6.09. The average Bonchev–Trinajstić information content (AvgIpc) is 3.49. The van der Waals surface area contributed by atoms with Crippen LogP contribution in [0.3, 0.4) is 0 Å². The van der Waals surface area contributed by atoms with E-state index in [1.165, 1.54) is 23.7 Å². The number of nitrogens with zero attached hydrogens (tertiary/aromatic N) is 6. The van der Waals surface area contributed by atoms with Crippen molar-refractivity contribution in [3.8, 4) is 23.3 Å². The van der Waals surface area contributed by atoms with Crippen molar-refractivity contribution in [1.29, 1.82) is 5.26 Å². The molecule has 0 spiro atoms. The fraction of sp³-hybridized carbons (Fsp3) is 0.111. The van der Waals surface area contributed by atoms with E-state index in [2.05, 4.69) is 25.3 Å². The molecule has 6 rings (SSSR count). The number of phenols is 1. The first-order valence-corrected chi connectivity index (χ1v) is 11.9. The first-order chi connectivity index (χ1) is 19.5. The fourth-order valence-corrected chi connectivity index (χ4v) is 4.93. The summed E-state index contributed by atoms with van der Waals surface area (Å²) in [6.45, 7) is 1.44. The van der Waals surface area contributed by atoms with Crippen molar-refractivity contribution in [3.63, 3.8) is 0 Å². The minimum Gasteiger partial charge on any atom is -0.506 e. The molecule has 0 aliphatic carbocycles. The van der Waals surface area contributed by atoms with Crippen LogP contribution in [0, 0.1) is 34.6 Å². The maximum Gasteiger partial charge on any atom is 0.240 e. The van der Waals surface area contributed by atoms with E-state index in [1.807, 2.05) is 0 Å². The Hall–Kier alpha value is -5.58. The molecular formula is C27H16F4N8O2. The largest absolute Gasteiger partial charge is 0.506 e. The Morgan fingerprint density at radius 1 is 1.12 bits per heavy atom. The van der Waals surface area contributed by atoms with Gasteiger partial charge in [0.15, 0.2) is 23.1 Å². The summed E-state index contributed by atoms with van der Waals surface area (Å²) in [7, 11) is 0. The third-order valence-electron chi connectivity index (χ3n) is 6.98. The van der Waals surface area contributed by atoms with Crippen LogP contribution in [0.2, 0.25) is 0 Å². The number of hydrogen-bond acceptors (Lipinski definition) is 8. The summed E-state index contributed by atoms with van der Waals surface area (Å²) in [4.78, 5) is 30.5. The molecule has 10 nitrogen and oxygen atoms in total. The maximum atomic E-state index is 14.5. The zero-order valence-corrected chi connectivity index (χ0v) is 20.9. The number of benzene rings is 2. The lowest BCUT2D eigenvalue weighted by atomic mass is 9.77. The molecule has 0 radical (unpaired) electrons. The number of fused-ring (bicyclic) bond motifs is 2. The molecule has 4 N–H and O–H groups in total. The number of nitrogens with two attached hydrogens (primary N) is 1. The maximum absolute atomic E-state index is 14.5. The summed E-state index contributed by atoms with van der Waals surface area (Å²) in [5.41, 5.74) is 4.47. The summed E-state index contributed by atoms with van der Waals surface area (Å²) in [5.74, 6) is -6.08. The van der Waals surface area contributed by atoms with Crippen LogP contribution >= 0.6 is 0 Å². The van der Waals surface area contributed by atoms with Gasteiger partial charge < -0.3 is 20.6 Å². The second kappa shape index (κ2) is 8.98. The van der Waals surface area contributed by atoms with Gasteiger partial charge >= 0.3 is 0 Å². The number of phenolic OH excluding ortho intramolecular Hbond substituents is 1. The topological polar surface area (TPSA) is 155 Å². The number of nitrogen functional groups attached to an aromatic ring is 1. The summed E-state index contributed by atoms with van der Waals surface area (Å²) in [5, 5.41) is 21.8. The van der Waals surface area contributed by atoms with Gasteiger partial charge in [-0.1, -0.05) is 0 Å². The molecule has 14 heteroatoms. The lowest BCUT2D eigenvalue weighted by molar-refractivity contribution is -0.119. The third-order valence-corrected chi connectivity index (χ3v) is 6.98. The molecule has 3 aromatic heterocycles. The highest BCUT2D eigenvalue weighted by atomic mass is 19.2. The number of aromatic hydroxyl groups is 1. The number of carbonyl (C=O) groups excluding carboxylic acids is 1. The van der Waals surface area contributed by atoms with Gasteiger partial charge in [-0.05, 0) is 36.2 Å². The quantitative estimate of drug-likeness (QED) is 0.222. The van der Waals surface area contributed by atoms with Gasteiger partial charge in [0.05, 0.1) is 11.3 Å². The smallest absolute Gasteiger partial charge is 0.240 e. The molecule has 1 atom stereocenters. The van der Waals surface area contributed by atoms with E-state index in [0.717, 1.165) is 18.2 Å². The summed E-state index contributed by atoms with van der Waals surface area (Å²) in [6.07, 6.45) is 4.19. The van der Waals surface area contributed by atoms with E-state index in [4.69, 9.17) is 11.0 Å². The number of nitriles is 1. The Morgan fingerprint density at radius 3 is 2.63 bits per heavy atom. The van der Waals surface area contributed by atoms with Gasteiger partial charge in [0.25, 0.3) is 0 Å². The zero-order chi connectivity index (χ0) is 29.2. The monoisotopic (exact) mass is 560 g/mol. The summed E-state index contributed by atoms with van der Waals surface area (Å²) >= 11 is 0. The molecule has 1 aliphatic heterocycles. The Balaban J connectivity index is 1.47. The Morgan fingerprint density at radius 2 is 1.90 bits per heavy atom. The van der Waals surface area contributed by atoms with E-state index in [0.29, 0.717) is 6.07 Å². The molecule has 41 heavy (non-hydrogen) atoms. The SMILES string of the molecule is C[C@]1(c2cc(O)c(C#N)c(F)c2)C(=O)Nc2nc(-c3cn4ccnc4c(Cc4cc(F)cc(F)c4F)n3)nc(N)c21. The van der Waals surface area contributed by atoms with Crippen molar-refractivity contribution in [2.24, 2.45) is 0 Å². The van der Waals surface area contributed by atoms with E-state index in [9.17, 15) is 27.5 Å². The molecule has 0 bridgehead atoms. The van der Waals surface area contributed by atoms with Crippen molar-refractivity contribution in [1.82, 2.24) is 24.3 Å². The number of amides is 1. The van der Waals surface area contributed by atoms with E-state index < -0.39 is 45.9 Å². The molecule has 4 heterocycles. The number of hydrogen-bond donors (Lipinski definition) is 3. The van der Waals surface area contributed by atoms with Gasteiger partial charge in [0, 0.05) is 31.1 Å². The highest BCUT2D eigenvalue weighted by Crippen LogP contribution is 2.46. The third kappa shape index (κ3) is 3.89. The fourth-order valence-electron chi connectivity index (χ4n) is 4.93. The number of rotatable bonds is 4. The van der Waals surface area contributed by atoms with Crippen LogP contribution in [0.1, 0.15) is 34.9 Å². The van der Waals surface area contributed by atoms with Crippen molar-refractivity contribution >= 4 is 23.2 Å². The minimum absolute atomic E-state index is 0.00317. The number of aromatic nitrogens is 5. The van der Waals surface area contributed by atoms with Crippen molar-refractivity contribution in [3.05, 3.63) is 94.1 Å². The molecule has 2 aromatic carbocycles. The van der Waals surface area contributed by atoms with Crippen LogP contribution in [-0.4, -0.2) is 35.4 Å². The molecule has 5 aromatic rings. The van der Waals surface area contributed by atoms with Crippen LogP contribution in [0.4, 0.5) is 29.2 Å². The minimum atomic E-state index is -1.63. The highest BCUT2D eigenvalue weighted by Gasteiger charge is 2.48. The predicted molar refractivity (Wildman–Crippen MR) is 135 cm³/mol. The zero-order valence-electron chi connectivity index (χ0n) is 20.9. The van der Waals surface area contributed by atoms with Gasteiger partial charge in [-0.2, -0.15) is 5.26 Å². The van der Waals surface area contributed by atoms with E-state index >= 15 is 0 Å². The van der Waals surface area contributed by atoms with Crippen LogP contribution < -0.4 is 11.1 Å². The number of carbonyl (C=O) groups is 1. The summed E-state index contributed by atoms with van der Waals surface area (Å²) < 4.78 is 58.1. The van der Waals surface area contributed by atoms with Crippen LogP contribution in [0.15, 0.2) is 42.9 Å². The standard InChI is InChI=1S/C27H16F4N8O2/c1-27(12-6-15(29)14(9-32)19(40)7-12)20-22(33)36-23(37-24(20)38-26(27)41)18-10-39-3-2-34-25(39)17(35-18)5-11-4-13(28)8-16(30)21(11)31/h2-4,6-8,10,40H,5H2,1H3,(H3,33,36,37,38,41)/t27-/m1/s1. The number of halogens is 4. The molecular weight excluding hydrogens is 544 g/mol. The van der Waals surface area contributed by atoms with Crippen molar-refractivity contribution < 1.29 is 27.5 Å². The first-order valence-electron chi connectivity index (χ1n) is 11.9.